The van der Waals surface area contributed by atoms with Crippen LogP contribution in [0.2, 0.25) is 0 Å². The summed E-state index contributed by atoms with van der Waals surface area (Å²) in [5.74, 6) is 2.66. The monoisotopic (exact) mass is 390 g/mol. The highest BCUT2D eigenvalue weighted by Crippen LogP contribution is 2.49. The highest BCUT2D eigenvalue weighted by Gasteiger charge is 2.40. The van der Waals surface area contributed by atoms with Gasteiger partial charge < -0.3 is 9.15 Å². The van der Waals surface area contributed by atoms with E-state index >= 15 is 0 Å². The maximum atomic E-state index is 12.1. The second-order valence-corrected chi connectivity index (χ2v) is 7.63. The molecule has 0 amide bonds. The van der Waals surface area contributed by atoms with Gasteiger partial charge >= 0.3 is 5.97 Å². The van der Waals surface area contributed by atoms with Gasteiger partial charge in [-0.3, -0.25) is 4.79 Å². The molecule has 3 atom stereocenters. The van der Waals surface area contributed by atoms with Crippen LogP contribution < -0.4 is 0 Å². The van der Waals surface area contributed by atoms with E-state index in [0.29, 0.717) is 24.1 Å². The molecule has 2 saturated carbocycles. The Kier molecular flexibility index (Phi) is 4.39. The number of fused-ring (bicyclic) bond motifs is 2. The molecule has 2 aliphatic carbocycles. The number of carbonyl (C=O) groups is 1. The molecule has 0 spiro atoms. The highest BCUT2D eigenvalue weighted by atomic mass is 79.9. The van der Waals surface area contributed by atoms with Crippen LogP contribution in [0.15, 0.2) is 33.2 Å². The molecule has 0 radical (unpaired) electrons. The van der Waals surface area contributed by atoms with Crippen LogP contribution in [0.25, 0.3) is 11.5 Å². The number of esters is 1. The van der Waals surface area contributed by atoms with E-state index in [2.05, 4.69) is 26.1 Å². The van der Waals surface area contributed by atoms with Gasteiger partial charge in [0, 0.05) is 10.9 Å². The molecule has 1 heterocycles. The van der Waals surface area contributed by atoms with Crippen LogP contribution in [-0.4, -0.2) is 16.2 Å². The Morgan fingerprint density at radius 3 is 2.88 bits per heavy atom. The van der Waals surface area contributed by atoms with Crippen molar-refractivity contribution in [3.63, 3.8) is 0 Å². The van der Waals surface area contributed by atoms with Crippen LogP contribution in [0.1, 0.15) is 38.0 Å². The maximum absolute atomic E-state index is 12.1. The number of hydrogen-bond acceptors (Lipinski definition) is 5. The first-order valence-corrected chi connectivity index (χ1v) is 9.21. The topological polar surface area (TPSA) is 65.2 Å². The van der Waals surface area contributed by atoms with E-state index in [4.69, 9.17) is 9.15 Å². The number of ether oxygens (including phenoxy) is 1. The summed E-state index contributed by atoms with van der Waals surface area (Å²) in [4.78, 5) is 12.1. The SMILES string of the molecule is O=C(C[C@H]1C[C@@H]2CC[C@@H]1C2)OCc1nnc(-c2ccccc2Br)o1. The van der Waals surface area contributed by atoms with Gasteiger partial charge in [-0.1, -0.05) is 18.6 Å². The van der Waals surface area contributed by atoms with E-state index in [-0.39, 0.29) is 12.6 Å². The number of rotatable bonds is 5. The summed E-state index contributed by atoms with van der Waals surface area (Å²) < 4.78 is 11.8. The minimum atomic E-state index is -0.159. The Labute approximate surface area is 148 Å². The summed E-state index contributed by atoms with van der Waals surface area (Å²) in [6.45, 7) is 0.0388. The normalized spacial score (nSPS) is 25.1. The lowest BCUT2D eigenvalue weighted by molar-refractivity contribution is -0.147. The van der Waals surface area contributed by atoms with Crippen molar-refractivity contribution < 1.29 is 13.9 Å². The molecule has 1 aromatic carbocycles. The number of aromatic nitrogens is 2. The molecule has 2 bridgehead atoms. The van der Waals surface area contributed by atoms with E-state index in [1.807, 2.05) is 24.3 Å². The lowest BCUT2D eigenvalue weighted by Crippen LogP contribution is -2.17. The third-order valence-electron chi connectivity index (χ3n) is 5.24. The van der Waals surface area contributed by atoms with Crippen molar-refractivity contribution in [3.05, 3.63) is 34.6 Å². The predicted octanol–water partition coefficient (Wildman–Crippen LogP) is 4.37. The fraction of sp³-hybridized carbons (Fsp3) is 0.500. The molecule has 2 aromatic rings. The smallest absolute Gasteiger partial charge is 0.306 e. The first-order chi connectivity index (χ1) is 11.7. The van der Waals surface area contributed by atoms with Crippen LogP contribution in [-0.2, 0) is 16.1 Å². The number of halogens is 1. The fourth-order valence-electron chi connectivity index (χ4n) is 4.10. The summed E-state index contributed by atoms with van der Waals surface area (Å²) in [5.41, 5.74) is 0.824. The van der Waals surface area contributed by atoms with Crippen LogP contribution in [0.4, 0.5) is 0 Å². The highest BCUT2D eigenvalue weighted by molar-refractivity contribution is 9.10. The zero-order valence-corrected chi connectivity index (χ0v) is 14.9. The van der Waals surface area contributed by atoms with Crippen molar-refractivity contribution in [2.75, 3.05) is 0 Å². The van der Waals surface area contributed by atoms with Gasteiger partial charge in [-0.2, -0.15) is 0 Å². The number of nitrogens with zero attached hydrogens (tertiary/aromatic N) is 2. The first kappa shape index (κ1) is 15.8. The van der Waals surface area contributed by atoms with Crippen LogP contribution in [0.5, 0.6) is 0 Å². The third-order valence-corrected chi connectivity index (χ3v) is 5.93. The van der Waals surface area contributed by atoms with E-state index in [9.17, 15) is 4.79 Å². The van der Waals surface area contributed by atoms with Crippen molar-refractivity contribution in [1.29, 1.82) is 0 Å². The van der Waals surface area contributed by atoms with Crippen molar-refractivity contribution in [1.82, 2.24) is 10.2 Å². The van der Waals surface area contributed by atoms with Crippen LogP contribution >= 0.6 is 15.9 Å². The molecule has 4 rings (SSSR count). The van der Waals surface area contributed by atoms with E-state index < -0.39 is 0 Å². The largest absolute Gasteiger partial charge is 0.456 e. The van der Waals surface area contributed by atoms with E-state index in [1.165, 1.54) is 25.7 Å². The molecule has 6 heteroatoms. The van der Waals surface area contributed by atoms with Gasteiger partial charge in [0.25, 0.3) is 5.89 Å². The minimum absolute atomic E-state index is 0.0388. The van der Waals surface area contributed by atoms with Crippen LogP contribution in [0, 0.1) is 17.8 Å². The van der Waals surface area contributed by atoms with Gasteiger partial charge in [-0.05, 0) is 65.1 Å². The van der Waals surface area contributed by atoms with Gasteiger partial charge in [-0.25, -0.2) is 0 Å². The van der Waals surface area contributed by atoms with Gasteiger partial charge in [0.1, 0.15) is 0 Å². The molecule has 0 N–H and O–H groups in total. The fourth-order valence-corrected chi connectivity index (χ4v) is 4.55. The Hall–Kier alpha value is -1.69. The van der Waals surface area contributed by atoms with Gasteiger partial charge in [0.15, 0.2) is 6.61 Å². The molecule has 0 aliphatic heterocycles. The molecule has 126 valence electrons. The second kappa shape index (κ2) is 6.67. The molecular formula is C18H19BrN2O3. The summed E-state index contributed by atoms with van der Waals surface area (Å²) in [7, 11) is 0. The van der Waals surface area contributed by atoms with Crippen molar-refractivity contribution in [3.8, 4) is 11.5 Å². The van der Waals surface area contributed by atoms with E-state index in [1.54, 1.807) is 0 Å². The third kappa shape index (κ3) is 3.24. The zero-order valence-electron chi connectivity index (χ0n) is 13.3. The second-order valence-electron chi connectivity index (χ2n) is 6.78. The van der Waals surface area contributed by atoms with Crippen LogP contribution in [0.3, 0.4) is 0 Å². The molecule has 0 saturated heterocycles. The summed E-state index contributed by atoms with van der Waals surface area (Å²) in [6.07, 6.45) is 5.63. The predicted molar refractivity (Wildman–Crippen MR) is 90.8 cm³/mol. The Morgan fingerprint density at radius 1 is 1.25 bits per heavy atom. The van der Waals surface area contributed by atoms with E-state index in [0.717, 1.165) is 21.9 Å². The quantitative estimate of drug-likeness (QED) is 0.709. The molecule has 2 fully saturated rings. The van der Waals surface area contributed by atoms with Gasteiger partial charge in [0.05, 0.1) is 5.56 Å². The summed E-state index contributed by atoms with van der Waals surface area (Å²) >= 11 is 3.46. The molecule has 5 nitrogen and oxygen atoms in total. The Bertz CT molecular complexity index is 745. The van der Waals surface area contributed by atoms with Crippen molar-refractivity contribution >= 4 is 21.9 Å². The molecule has 24 heavy (non-hydrogen) atoms. The number of carbonyl (C=O) groups excluding carboxylic acids is 1. The average Bonchev–Trinajstić information content (AvgIpc) is 3.30. The Morgan fingerprint density at radius 2 is 2.12 bits per heavy atom. The molecule has 2 aliphatic rings. The lowest BCUT2D eigenvalue weighted by Gasteiger charge is -2.20. The molecule has 1 aromatic heterocycles. The standard InChI is InChI=1S/C18H19BrN2O3/c19-15-4-2-1-3-14(15)18-21-20-16(24-18)10-23-17(22)9-13-8-11-5-6-12(13)7-11/h1-4,11-13H,5-10H2/t11-,12-,13-/m1/s1. The summed E-state index contributed by atoms with van der Waals surface area (Å²) in [5, 5.41) is 7.98. The minimum Gasteiger partial charge on any atom is -0.456 e. The Balaban J connectivity index is 1.32. The van der Waals surface area contributed by atoms with Gasteiger partial charge in [0.2, 0.25) is 5.89 Å². The lowest BCUT2D eigenvalue weighted by atomic mass is 9.86. The molecule has 0 unspecified atom stereocenters. The van der Waals surface area contributed by atoms with Crippen molar-refractivity contribution in [2.45, 2.75) is 38.7 Å². The number of benzene rings is 1. The maximum Gasteiger partial charge on any atom is 0.306 e. The first-order valence-electron chi connectivity index (χ1n) is 8.42. The number of hydrogen-bond donors (Lipinski definition) is 0. The summed E-state index contributed by atoms with van der Waals surface area (Å²) in [6, 6.07) is 7.62. The van der Waals surface area contributed by atoms with Gasteiger partial charge in [-0.15, -0.1) is 10.2 Å². The van der Waals surface area contributed by atoms with Crippen molar-refractivity contribution in [2.24, 2.45) is 17.8 Å². The average molecular weight is 391 g/mol. The molecular weight excluding hydrogens is 372 g/mol. The zero-order chi connectivity index (χ0) is 16.5.